The maximum atomic E-state index is 12.6. The van der Waals surface area contributed by atoms with E-state index in [1.807, 2.05) is 0 Å². The van der Waals surface area contributed by atoms with Crippen LogP contribution in [-0.4, -0.2) is 52.2 Å². The summed E-state index contributed by atoms with van der Waals surface area (Å²) in [5.74, 6) is -2.01. The minimum Gasteiger partial charge on any atom is -0.497 e. The number of benzene rings is 1. The van der Waals surface area contributed by atoms with Crippen LogP contribution in [0.2, 0.25) is 0 Å². The molecule has 8 heteroatoms. The molecule has 138 valence electrons. The van der Waals surface area contributed by atoms with Gasteiger partial charge >= 0.3 is 11.9 Å². The first-order chi connectivity index (χ1) is 11.7. The molecule has 0 amide bonds. The topological polar surface area (TPSA) is 96.0 Å². The molecule has 0 aromatic heterocycles. The zero-order valence-corrected chi connectivity index (χ0v) is 15.5. The summed E-state index contributed by atoms with van der Waals surface area (Å²) in [6.07, 6.45) is 1.01. The highest BCUT2D eigenvalue weighted by atomic mass is 32.2. The van der Waals surface area contributed by atoms with Crippen molar-refractivity contribution in [1.29, 1.82) is 0 Å². The lowest BCUT2D eigenvalue weighted by Crippen LogP contribution is -2.35. The Morgan fingerprint density at radius 2 is 1.52 bits per heavy atom. The van der Waals surface area contributed by atoms with Crippen molar-refractivity contribution in [2.24, 2.45) is 5.41 Å². The minimum absolute atomic E-state index is 0.0335. The third kappa shape index (κ3) is 3.22. The summed E-state index contributed by atoms with van der Waals surface area (Å²) in [5.41, 5.74) is -1.33. The number of carbonyl (C=O) groups excluding carboxylic acids is 2. The van der Waals surface area contributed by atoms with Crippen molar-refractivity contribution in [3.63, 3.8) is 0 Å². The molecule has 0 N–H and O–H groups in total. The highest BCUT2D eigenvalue weighted by Crippen LogP contribution is 2.64. The molecule has 0 aliphatic heterocycles. The Bertz CT molecular complexity index is 734. The molecule has 0 radical (unpaired) electrons. The molecule has 1 fully saturated rings. The molecule has 2 atom stereocenters. The van der Waals surface area contributed by atoms with Crippen LogP contribution in [0.3, 0.4) is 0 Å². The van der Waals surface area contributed by atoms with Crippen LogP contribution in [0.4, 0.5) is 0 Å². The van der Waals surface area contributed by atoms with E-state index < -0.39 is 38.4 Å². The van der Waals surface area contributed by atoms with Gasteiger partial charge in [-0.3, -0.25) is 9.59 Å². The number of hydrogen-bond donors (Lipinski definition) is 0. The van der Waals surface area contributed by atoms with E-state index in [2.05, 4.69) is 0 Å². The molecule has 1 saturated carbocycles. The number of esters is 2. The van der Waals surface area contributed by atoms with Crippen molar-refractivity contribution < 1.29 is 32.2 Å². The van der Waals surface area contributed by atoms with Gasteiger partial charge in [-0.05, 0) is 31.5 Å². The quantitative estimate of drug-likeness (QED) is 0.527. The molecule has 1 aromatic rings. The standard InChI is InChI=1S/C17H22O7S/c1-5-23-15(18)17(16(19)24-6-2)13(14(17)25(4,20)21)11-7-9-12(22-3)10-8-11/h7-10,13-14H,5-6H2,1-4H3/t13-,14+/m1/s1. The fourth-order valence-electron chi connectivity index (χ4n) is 3.26. The van der Waals surface area contributed by atoms with Crippen molar-refractivity contribution >= 4 is 21.8 Å². The molecular formula is C17H22O7S. The van der Waals surface area contributed by atoms with Gasteiger partial charge in [0.15, 0.2) is 15.3 Å². The van der Waals surface area contributed by atoms with Gasteiger partial charge in [-0.1, -0.05) is 12.1 Å². The number of sulfone groups is 1. The average molecular weight is 370 g/mol. The zero-order chi connectivity index (χ0) is 18.8. The van der Waals surface area contributed by atoms with E-state index in [-0.39, 0.29) is 13.2 Å². The molecule has 0 bridgehead atoms. The second kappa shape index (κ2) is 7.03. The Hall–Kier alpha value is -2.09. The van der Waals surface area contributed by atoms with Crippen LogP contribution < -0.4 is 4.74 Å². The normalized spacial score (nSPS) is 21.3. The smallest absolute Gasteiger partial charge is 0.325 e. The second-order valence-electron chi connectivity index (χ2n) is 5.81. The lowest BCUT2D eigenvalue weighted by atomic mass is 9.99. The largest absolute Gasteiger partial charge is 0.497 e. The van der Waals surface area contributed by atoms with Gasteiger partial charge in [0.1, 0.15) is 5.75 Å². The van der Waals surface area contributed by atoms with Gasteiger partial charge in [-0.25, -0.2) is 8.42 Å². The summed E-state index contributed by atoms with van der Waals surface area (Å²) in [6.45, 7) is 3.26. The molecule has 7 nitrogen and oxygen atoms in total. The van der Waals surface area contributed by atoms with Gasteiger partial charge < -0.3 is 14.2 Å². The van der Waals surface area contributed by atoms with Crippen molar-refractivity contribution in [2.75, 3.05) is 26.6 Å². The average Bonchev–Trinajstić information content (AvgIpc) is 3.27. The predicted octanol–water partition coefficient (Wildman–Crippen LogP) is 1.32. The molecular weight excluding hydrogens is 348 g/mol. The highest BCUT2D eigenvalue weighted by molar-refractivity contribution is 7.91. The summed E-state index contributed by atoms with van der Waals surface area (Å²) in [7, 11) is -2.20. The Balaban J connectivity index is 2.56. The van der Waals surface area contributed by atoms with Gasteiger partial charge in [0.25, 0.3) is 0 Å². The summed E-state index contributed by atoms with van der Waals surface area (Å²) >= 11 is 0. The van der Waals surface area contributed by atoms with Gasteiger partial charge in [-0.15, -0.1) is 0 Å². The zero-order valence-electron chi connectivity index (χ0n) is 14.6. The number of ether oxygens (including phenoxy) is 3. The molecule has 0 saturated heterocycles. The fraction of sp³-hybridized carbons (Fsp3) is 0.529. The highest BCUT2D eigenvalue weighted by Gasteiger charge is 2.81. The van der Waals surface area contributed by atoms with E-state index in [0.29, 0.717) is 11.3 Å². The molecule has 1 aliphatic rings. The third-order valence-corrected chi connectivity index (χ3v) is 5.86. The summed E-state index contributed by atoms with van der Waals surface area (Å²) in [4.78, 5) is 25.2. The lowest BCUT2D eigenvalue weighted by Gasteiger charge is -2.15. The Kier molecular flexibility index (Phi) is 5.41. The van der Waals surface area contributed by atoms with E-state index >= 15 is 0 Å². The Morgan fingerprint density at radius 1 is 1.04 bits per heavy atom. The van der Waals surface area contributed by atoms with E-state index in [1.165, 1.54) is 7.11 Å². The number of rotatable bonds is 7. The fourth-order valence-corrected chi connectivity index (χ4v) is 5.06. The molecule has 0 heterocycles. The van der Waals surface area contributed by atoms with Crippen molar-refractivity contribution in [3.8, 4) is 5.75 Å². The number of carbonyl (C=O) groups is 2. The van der Waals surface area contributed by atoms with Gasteiger partial charge in [0, 0.05) is 12.2 Å². The predicted molar refractivity (Wildman–Crippen MR) is 90.1 cm³/mol. The van der Waals surface area contributed by atoms with Crippen LogP contribution >= 0.6 is 0 Å². The molecule has 25 heavy (non-hydrogen) atoms. The second-order valence-corrected chi connectivity index (χ2v) is 7.98. The number of hydrogen-bond acceptors (Lipinski definition) is 7. The molecule has 0 unspecified atom stereocenters. The minimum atomic E-state index is -3.71. The van der Waals surface area contributed by atoms with Crippen LogP contribution in [0.15, 0.2) is 24.3 Å². The van der Waals surface area contributed by atoms with Crippen LogP contribution in [0.1, 0.15) is 25.3 Å². The van der Waals surface area contributed by atoms with E-state index in [0.717, 1.165) is 6.26 Å². The van der Waals surface area contributed by atoms with Crippen LogP contribution in [-0.2, 0) is 28.9 Å². The van der Waals surface area contributed by atoms with Gasteiger partial charge in [0.2, 0.25) is 0 Å². The Morgan fingerprint density at radius 3 is 1.88 bits per heavy atom. The molecule has 1 aliphatic carbocycles. The molecule has 1 aromatic carbocycles. The van der Waals surface area contributed by atoms with E-state index in [9.17, 15) is 18.0 Å². The summed E-state index contributed by atoms with van der Waals surface area (Å²) < 4.78 is 39.7. The lowest BCUT2D eigenvalue weighted by molar-refractivity contribution is -0.164. The molecule has 2 rings (SSSR count). The SMILES string of the molecule is CCOC(=O)C1(C(=O)OCC)[C@H](c2ccc(OC)cc2)[C@@H]1S(C)(=O)=O. The van der Waals surface area contributed by atoms with Crippen molar-refractivity contribution in [1.82, 2.24) is 0 Å². The maximum absolute atomic E-state index is 12.6. The van der Waals surface area contributed by atoms with Gasteiger partial charge in [0.05, 0.1) is 25.6 Å². The summed E-state index contributed by atoms with van der Waals surface area (Å²) in [6, 6.07) is 6.58. The molecule has 0 spiro atoms. The van der Waals surface area contributed by atoms with Crippen LogP contribution in [0.25, 0.3) is 0 Å². The van der Waals surface area contributed by atoms with Crippen molar-refractivity contribution in [2.45, 2.75) is 25.0 Å². The number of methoxy groups -OCH3 is 1. The first kappa shape index (κ1) is 19.2. The van der Waals surface area contributed by atoms with Crippen LogP contribution in [0.5, 0.6) is 5.75 Å². The van der Waals surface area contributed by atoms with Crippen LogP contribution in [0, 0.1) is 5.41 Å². The van der Waals surface area contributed by atoms with E-state index in [1.54, 1.807) is 38.1 Å². The monoisotopic (exact) mass is 370 g/mol. The van der Waals surface area contributed by atoms with E-state index in [4.69, 9.17) is 14.2 Å². The maximum Gasteiger partial charge on any atom is 0.325 e. The van der Waals surface area contributed by atoms with Crippen molar-refractivity contribution in [3.05, 3.63) is 29.8 Å². The summed E-state index contributed by atoms with van der Waals surface area (Å²) in [5, 5.41) is -1.22. The van der Waals surface area contributed by atoms with Gasteiger partial charge in [-0.2, -0.15) is 0 Å². The first-order valence-electron chi connectivity index (χ1n) is 7.92. The Labute approximate surface area is 147 Å². The third-order valence-electron chi connectivity index (χ3n) is 4.30. The first-order valence-corrected chi connectivity index (χ1v) is 9.87.